The van der Waals surface area contributed by atoms with Crippen LogP contribution in [0.2, 0.25) is 5.02 Å². The van der Waals surface area contributed by atoms with Gasteiger partial charge in [0.25, 0.3) is 0 Å². The molecule has 96 valence electrons. The van der Waals surface area contributed by atoms with Crippen LogP contribution >= 0.6 is 27.5 Å². The van der Waals surface area contributed by atoms with Crippen LogP contribution < -0.4 is 4.74 Å². The molecule has 0 bridgehead atoms. The fourth-order valence-electron chi connectivity index (χ4n) is 1.55. The summed E-state index contributed by atoms with van der Waals surface area (Å²) in [7, 11) is 0. The summed E-state index contributed by atoms with van der Waals surface area (Å²) in [6, 6.07) is 11.2. The van der Waals surface area contributed by atoms with Gasteiger partial charge >= 0.3 is 0 Å². The molecule has 0 spiro atoms. The molecular weight excluding hydrogens is 333 g/mol. The van der Waals surface area contributed by atoms with E-state index in [1.54, 1.807) is 24.3 Å². The molecule has 0 amide bonds. The van der Waals surface area contributed by atoms with E-state index in [2.05, 4.69) is 15.9 Å². The molecule has 0 saturated carbocycles. The van der Waals surface area contributed by atoms with E-state index < -0.39 is 5.82 Å². The maximum atomic E-state index is 13.2. The zero-order valence-corrected chi connectivity index (χ0v) is 12.0. The Balaban J connectivity index is 2.17. The lowest BCUT2D eigenvalue weighted by atomic mass is 10.1. The Bertz CT molecular complexity index is 654. The Labute approximate surface area is 123 Å². The summed E-state index contributed by atoms with van der Waals surface area (Å²) in [6.45, 7) is 0.141. The van der Waals surface area contributed by atoms with E-state index in [0.29, 0.717) is 16.3 Å². The van der Waals surface area contributed by atoms with Crippen LogP contribution in [0.25, 0.3) is 0 Å². The summed E-state index contributed by atoms with van der Waals surface area (Å²) in [6.07, 6.45) is 0. The molecule has 0 radical (unpaired) electrons. The van der Waals surface area contributed by atoms with Crippen LogP contribution in [-0.4, -0.2) is 0 Å². The minimum atomic E-state index is -0.460. The Morgan fingerprint density at radius 3 is 2.79 bits per heavy atom. The number of ether oxygens (including phenoxy) is 1. The van der Waals surface area contributed by atoms with Crippen LogP contribution in [0, 0.1) is 17.1 Å². The van der Waals surface area contributed by atoms with Crippen molar-refractivity contribution in [3.63, 3.8) is 0 Å². The van der Waals surface area contributed by atoms with Gasteiger partial charge in [-0.1, -0.05) is 27.5 Å². The second-order valence-corrected chi connectivity index (χ2v) is 5.15. The number of benzene rings is 2. The molecule has 0 aliphatic heterocycles. The highest BCUT2D eigenvalue weighted by molar-refractivity contribution is 9.10. The first-order chi connectivity index (χ1) is 9.08. The number of hydrogen-bond acceptors (Lipinski definition) is 2. The summed E-state index contributed by atoms with van der Waals surface area (Å²) in [4.78, 5) is 0. The lowest BCUT2D eigenvalue weighted by Crippen LogP contribution is -1.97. The second kappa shape index (κ2) is 6.05. The third kappa shape index (κ3) is 3.69. The van der Waals surface area contributed by atoms with Crippen molar-refractivity contribution >= 4 is 27.5 Å². The van der Waals surface area contributed by atoms with Crippen molar-refractivity contribution in [3.8, 4) is 11.8 Å². The molecular formula is C14H8BrClFNO. The predicted molar refractivity (Wildman–Crippen MR) is 74.6 cm³/mol. The summed E-state index contributed by atoms with van der Waals surface area (Å²) in [5, 5.41) is 9.24. The van der Waals surface area contributed by atoms with Crippen molar-refractivity contribution in [2.75, 3.05) is 0 Å². The van der Waals surface area contributed by atoms with Crippen LogP contribution in [-0.2, 0) is 6.61 Å². The second-order valence-electron chi connectivity index (χ2n) is 3.82. The molecule has 0 saturated heterocycles. The summed E-state index contributed by atoms with van der Waals surface area (Å²) in [5.41, 5.74) is 0.839. The first-order valence-electron chi connectivity index (χ1n) is 5.36. The highest BCUT2D eigenvalue weighted by Gasteiger charge is 2.05. The van der Waals surface area contributed by atoms with Gasteiger partial charge < -0.3 is 4.74 Å². The molecule has 2 aromatic rings. The van der Waals surface area contributed by atoms with Crippen molar-refractivity contribution in [2.45, 2.75) is 6.61 Å². The lowest BCUT2D eigenvalue weighted by Gasteiger charge is -2.09. The van der Waals surface area contributed by atoms with Crippen molar-refractivity contribution in [1.29, 1.82) is 5.26 Å². The molecule has 0 aliphatic rings. The molecule has 0 heterocycles. The third-order valence-electron chi connectivity index (χ3n) is 2.37. The van der Waals surface area contributed by atoms with E-state index in [-0.39, 0.29) is 12.2 Å². The van der Waals surface area contributed by atoms with E-state index >= 15 is 0 Å². The quantitative estimate of drug-likeness (QED) is 0.812. The molecule has 2 rings (SSSR count). The number of halogens is 3. The fourth-order valence-corrected chi connectivity index (χ4v) is 2.06. The Morgan fingerprint density at radius 2 is 2.05 bits per heavy atom. The Morgan fingerprint density at radius 1 is 1.26 bits per heavy atom. The topological polar surface area (TPSA) is 33.0 Å². The number of nitrogens with zero attached hydrogens (tertiary/aromatic N) is 1. The molecule has 0 N–H and O–H groups in total. The van der Waals surface area contributed by atoms with Gasteiger partial charge in [-0.25, -0.2) is 4.39 Å². The van der Waals surface area contributed by atoms with Crippen LogP contribution in [0.4, 0.5) is 4.39 Å². The first-order valence-corrected chi connectivity index (χ1v) is 6.53. The first kappa shape index (κ1) is 13.9. The van der Waals surface area contributed by atoms with Crippen LogP contribution in [0.3, 0.4) is 0 Å². The van der Waals surface area contributed by atoms with E-state index in [9.17, 15) is 4.39 Å². The fraction of sp³-hybridized carbons (Fsp3) is 0.0714. The monoisotopic (exact) mass is 339 g/mol. The van der Waals surface area contributed by atoms with Gasteiger partial charge in [0.2, 0.25) is 0 Å². The third-order valence-corrected chi connectivity index (χ3v) is 3.18. The van der Waals surface area contributed by atoms with Gasteiger partial charge in [-0.15, -0.1) is 0 Å². The van der Waals surface area contributed by atoms with E-state index in [4.69, 9.17) is 21.6 Å². The molecule has 0 aliphatic carbocycles. The smallest absolute Gasteiger partial charge is 0.139 e. The van der Waals surface area contributed by atoms with Crippen molar-refractivity contribution in [2.24, 2.45) is 0 Å². The number of rotatable bonds is 3. The predicted octanol–water partition coefficient (Wildman–Crippen LogP) is 4.69. The van der Waals surface area contributed by atoms with E-state index in [1.807, 2.05) is 6.07 Å². The van der Waals surface area contributed by atoms with Gasteiger partial charge in [0, 0.05) is 4.47 Å². The highest BCUT2D eigenvalue weighted by Crippen LogP contribution is 2.28. The van der Waals surface area contributed by atoms with Crippen LogP contribution in [0.1, 0.15) is 11.1 Å². The minimum Gasteiger partial charge on any atom is -0.487 e. The maximum absolute atomic E-state index is 13.2. The largest absolute Gasteiger partial charge is 0.487 e. The summed E-state index contributed by atoms with van der Waals surface area (Å²) < 4.78 is 19.6. The van der Waals surface area contributed by atoms with Gasteiger partial charge in [-0.3, -0.25) is 0 Å². The van der Waals surface area contributed by atoms with Crippen LogP contribution in [0.15, 0.2) is 40.9 Å². The molecule has 2 aromatic carbocycles. The summed E-state index contributed by atoms with van der Waals surface area (Å²) in [5.74, 6) is 0.0387. The van der Waals surface area contributed by atoms with Crippen LogP contribution in [0.5, 0.6) is 5.75 Å². The molecule has 0 unspecified atom stereocenters. The highest BCUT2D eigenvalue weighted by atomic mass is 79.9. The normalized spacial score (nSPS) is 10.0. The average molecular weight is 341 g/mol. The molecule has 5 heteroatoms. The zero-order valence-electron chi connectivity index (χ0n) is 9.66. The average Bonchev–Trinajstić information content (AvgIpc) is 2.39. The van der Waals surface area contributed by atoms with E-state index in [0.717, 1.165) is 4.47 Å². The van der Waals surface area contributed by atoms with Crippen molar-refractivity contribution in [3.05, 3.63) is 62.8 Å². The number of hydrogen-bond donors (Lipinski definition) is 0. The molecule has 0 atom stereocenters. The zero-order chi connectivity index (χ0) is 13.8. The van der Waals surface area contributed by atoms with Gasteiger partial charge in [0.1, 0.15) is 18.2 Å². The SMILES string of the molecule is N#Cc1cc(F)cc(COc2cc(Br)ccc2Cl)c1. The molecule has 2 nitrogen and oxygen atoms in total. The Hall–Kier alpha value is -1.57. The standard InChI is InChI=1S/C14H8BrClFNO/c15-11-1-2-13(16)14(6-11)19-8-10-3-9(7-18)4-12(17)5-10/h1-6H,8H2. The maximum Gasteiger partial charge on any atom is 0.139 e. The van der Waals surface area contributed by atoms with Gasteiger partial charge in [-0.05, 0) is 42.0 Å². The van der Waals surface area contributed by atoms with Gasteiger partial charge in [0.05, 0.1) is 16.7 Å². The summed E-state index contributed by atoms with van der Waals surface area (Å²) >= 11 is 9.30. The van der Waals surface area contributed by atoms with Crippen molar-refractivity contribution in [1.82, 2.24) is 0 Å². The molecule has 0 aromatic heterocycles. The Kier molecular flexibility index (Phi) is 4.41. The van der Waals surface area contributed by atoms with E-state index in [1.165, 1.54) is 12.1 Å². The number of nitriles is 1. The van der Waals surface area contributed by atoms with Crippen molar-refractivity contribution < 1.29 is 9.13 Å². The van der Waals surface area contributed by atoms with Gasteiger partial charge in [-0.2, -0.15) is 5.26 Å². The minimum absolute atomic E-state index is 0.141. The molecule has 19 heavy (non-hydrogen) atoms. The lowest BCUT2D eigenvalue weighted by molar-refractivity contribution is 0.305. The van der Waals surface area contributed by atoms with Gasteiger partial charge in [0.15, 0.2) is 0 Å². The molecule has 0 fully saturated rings.